The summed E-state index contributed by atoms with van der Waals surface area (Å²) in [7, 11) is 0. The molecule has 0 aliphatic heterocycles. The highest BCUT2D eigenvalue weighted by Gasteiger charge is 2.13. The van der Waals surface area contributed by atoms with Crippen LogP contribution in [0.1, 0.15) is 29.4 Å². The molecule has 20 heavy (non-hydrogen) atoms. The molecule has 2 aromatic rings. The van der Waals surface area contributed by atoms with Gasteiger partial charge in [-0.15, -0.1) is 11.8 Å². The molecule has 0 fully saturated rings. The molecule has 6 heteroatoms. The smallest absolute Gasteiger partial charge is 0.258 e. The Labute approximate surface area is 127 Å². The zero-order valence-corrected chi connectivity index (χ0v) is 12.9. The number of nitrogens with one attached hydrogen (secondary N) is 2. The topological polar surface area (TPSA) is 57.8 Å². The van der Waals surface area contributed by atoms with E-state index in [2.05, 4.69) is 22.4 Å². The van der Waals surface area contributed by atoms with Gasteiger partial charge in [-0.05, 0) is 30.9 Å². The fourth-order valence-corrected chi connectivity index (χ4v) is 2.46. The summed E-state index contributed by atoms with van der Waals surface area (Å²) in [4.78, 5) is 13.2. The van der Waals surface area contributed by atoms with Crippen LogP contribution in [0.3, 0.4) is 0 Å². The maximum atomic E-state index is 12.2. The molecule has 2 N–H and O–H groups in total. The number of rotatable bonds is 5. The van der Waals surface area contributed by atoms with E-state index in [1.807, 2.05) is 18.4 Å². The van der Waals surface area contributed by atoms with E-state index in [4.69, 9.17) is 11.6 Å². The molecular formula is C14H16ClN3OS. The minimum atomic E-state index is -0.250. The van der Waals surface area contributed by atoms with Crippen molar-refractivity contribution in [1.29, 1.82) is 0 Å². The van der Waals surface area contributed by atoms with Gasteiger partial charge in [0, 0.05) is 16.7 Å². The molecule has 106 valence electrons. The van der Waals surface area contributed by atoms with Crippen molar-refractivity contribution in [3.05, 3.63) is 40.5 Å². The standard InChI is InChI=1S/C14H16ClN3OS/c1-3-4-9-7-13(18-17-9)16-14(19)11-8-10(20-2)5-6-12(11)15/h5-8H,3-4H2,1-2H3,(H2,16,17,18,19). The Morgan fingerprint density at radius 1 is 1.45 bits per heavy atom. The maximum absolute atomic E-state index is 12.2. The number of aromatic nitrogens is 2. The zero-order chi connectivity index (χ0) is 14.5. The van der Waals surface area contributed by atoms with Crippen molar-refractivity contribution in [3.63, 3.8) is 0 Å². The van der Waals surface area contributed by atoms with Crippen molar-refractivity contribution >= 4 is 35.1 Å². The van der Waals surface area contributed by atoms with Crippen LogP contribution in [0.4, 0.5) is 5.82 Å². The third-order valence-corrected chi connectivity index (χ3v) is 3.86. The zero-order valence-electron chi connectivity index (χ0n) is 11.4. The number of aryl methyl sites for hydroxylation is 1. The molecule has 0 bridgehead atoms. The summed E-state index contributed by atoms with van der Waals surface area (Å²) < 4.78 is 0. The van der Waals surface area contributed by atoms with Gasteiger partial charge in [-0.25, -0.2) is 0 Å². The first-order chi connectivity index (χ1) is 9.63. The number of halogens is 1. The maximum Gasteiger partial charge on any atom is 0.258 e. The van der Waals surface area contributed by atoms with Crippen LogP contribution in [0.2, 0.25) is 5.02 Å². The predicted octanol–water partition coefficient (Wildman–Crippen LogP) is 3.99. The number of benzene rings is 1. The van der Waals surface area contributed by atoms with E-state index < -0.39 is 0 Å². The van der Waals surface area contributed by atoms with E-state index in [9.17, 15) is 4.79 Å². The van der Waals surface area contributed by atoms with Gasteiger partial charge in [0.2, 0.25) is 0 Å². The highest BCUT2D eigenvalue weighted by Crippen LogP contribution is 2.23. The Morgan fingerprint density at radius 3 is 2.95 bits per heavy atom. The molecule has 0 unspecified atom stereocenters. The Hall–Kier alpha value is -1.46. The first-order valence-electron chi connectivity index (χ1n) is 6.33. The third kappa shape index (κ3) is 3.55. The Balaban J connectivity index is 2.14. The number of aromatic amines is 1. The fraction of sp³-hybridized carbons (Fsp3) is 0.286. The lowest BCUT2D eigenvalue weighted by Crippen LogP contribution is -2.12. The minimum Gasteiger partial charge on any atom is -0.305 e. The third-order valence-electron chi connectivity index (χ3n) is 2.81. The predicted molar refractivity (Wildman–Crippen MR) is 83.8 cm³/mol. The van der Waals surface area contributed by atoms with Gasteiger partial charge in [0.05, 0.1) is 10.6 Å². The number of nitrogens with zero attached hydrogens (tertiary/aromatic N) is 1. The normalized spacial score (nSPS) is 10.6. The highest BCUT2D eigenvalue weighted by atomic mass is 35.5. The molecule has 1 aromatic heterocycles. The summed E-state index contributed by atoms with van der Waals surface area (Å²) in [5.74, 6) is 0.268. The Bertz CT molecular complexity index is 612. The number of hydrogen-bond donors (Lipinski definition) is 2. The Morgan fingerprint density at radius 2 is 2.25 bits per heavy atom. The molecule has 0 aliphatic rings. The van der Waals surface area contributed by atoms with Gasteiger partial charge >= 0.3 is 0 Å². The van der Waals surface area contributed by atoms with E-state index in [0.29, 0.717) is 16.4 Å². The molecule has 1 amide bonds. The summed E-state index contributed by atoms with van der Waals surface area (Å²) >= 11 is 7.64. The van der Waals surface area contributed by atoms with E-state index in [0.717, 1.165) is 23.4 Å². The van der Waals surface area contributed by atoms with Crippen LogP contribution in [0, 0.1) is 0 Å². The van der Waals surface area contributed by atoms with Gasteiger partial charge in [-0.2, -0.15) is 5.10 Å². The summed E-state index contributed by atoms with van der Waals surface area (Å²) in [6.45, 7) is 2.09. The van der Waals surface area contributed by atoms with E-state index in [-0.39, 0.29) is 5.91 Å². The molecule has 4 nitrogen and oxygen atoms in total. The van der Waals surface area contributed by atoms with Crippen molar-refractivity contribution in [1.82, 2.24) is 10.2 Å². The van der Waals surface area contributed by atoms with Gasteiger partial charge < -0.3 is 5.32 Å². The van der Waals surface area contributed by atoms with Crippen molar-refractivity contribution in [2.45, 2.75) is 24.7 Å². The molecule has 0 spiro atoms. The number of carbonyl (C=O) groups excluding carboxylic acids is 1. The van der Waals surface area contributed by atoms with Crippen LogP contribution in [0.25, 0.3) is 0 Å². The second-order valence-electron chi connectivity index (χ2n) is 4.33. The van der Waals surface area contributed by atoms with Crippen molar-refractivity contribution < 1.29 is 4.79 Å². The average molecular weight is 310 g/mol. The summed E-state index contributed by atoms with van der Waals surface area (Å²) in [6.07, 6.45) is 3.89. The van der Waals surface area contributed by atoms with Gasteiger partial charge in [-0.3, -0.25) is 9.89 Å². The number of carbonyl (C=O) groups is 1. The van der Waals surface area contributed by atoms with Crippen LogP contribution in [-0.2, 0) is 6.42 Å². The van der Waals surface area contributed by atoms with Crippen LogP contribution in [-0.4, -0.2) is 22.4 Å². The van der Waals surface area contributed by atoms with Gasteiger partial charge in [-0.1, -0.05) is 24.9 Å². The number of anilines is 1. The van der Waals surface area contributed by atoms with Crippen molar-refractivity contribution in [2.24, 2.45) is 0 Å². The van der Waals surface area contributed by atoms with Crippen LogP contribution >= 0.6 is 23.4 Å². The largest absolute Gasteiger partial charge is 0.305 e. The fourth-order valence-electron chi connectivity index (χ4n) is 1.81. The van der Waals surface area contributed by atoms with E-state index in [1.54, 1.807) is 23.9 Å². The number of thioether (sulfide) groups is 1. The summed E-state index contributed by atoms with van der Waals surface area (Å²) in [6, 6.07) is 7.24. The lowest BCUT2D eigenvalue weighted by Gasteiger charge is -2.06. The summed E-state index contributed by atoms with van der Waals surface area (Å²) in [5.41, 5.74) is 1.46. The molecule has 1 aromatic carbocycles. The molecule has 2 rings (SSSR count). The van der Waals surface area contributed by atoms with Gasteiger partial charge in [0.15, 0.2) is 5.82 Å². The lowest BCUT2D eigenvalue weighted by molar-refractivity contribution is 0.102. The minimum absolute atomic E-state index is 0.250. The monoisotopic (exact) mass is 309 g/mol. The van der Waals surface area contributed by atoms with Crippen LogP contribution < -0.4 is 5.32 Å². The van der Waals surface area contributed by atoms with E-state index >= 15 is 0 Å². The molecule has 1 heterocycles. The molecule has 0 atom stereocenters. The number of hydrogen-bond acceptors (Lipinski definition) is 3. The quantitative estimate of drug-likeness (QED) is 0.821. The van der Waals surface area contributed by atoms with Crippen molar-refractivity contribution in [3.8, 4) is 0 Å². The molecule has 0 saturated carbocycles. The Kier molecular flexibility index (Phi) is 5.09. The first-order valence-corrected chi connectivity index (χ1v) is 7.93. The molecule has 0 aliphatic carbocycles. The molecule has 0 saturated heterocycles. The lowest BCUT2D eigenvalue weighted by atomic mass is 10.2. The summed E-state index contributed by atoms with van der Waals surface area (Å²) in [5, 5.41) is 10.2. The highest BCUT2D eigenvalue weighted by molar-refractivity contribution is 7.98. The number of H-pyrrole nitrogens is 1. The average Bonchev–Trinajstić information content (AvgIpc) is 2.87. The molecular weight excluding hydrogens is 294 g/mol. The van der Waals surface area contributed by atoms with Crippen LogP contribution in [0.15, 0.2) is 29.2 Å². The second-order valence-corrected chi connectivity index (χ2v) is 5.62. The van der Waals surface area contributed by atoms with Gasteiger partial charge in [0.1, 0.15) is 0 Å². The number of amides is 1. The van der Waals surface area contributed by atoms with Crippen LogP contribution in [0.5, 0.6) is 0 Å². The molecule has 0 radical (unpaired) electrons. The first kappa shape index (κ1) is 14.9. The SMILES string of the molecule is CCCc1cc(NC(=O)c2cc(SC)ccc2Cl)n[nH]1. The van der Waals surface area contributed by atoms with Crippen molar-refractivity contribution in [2.75, 3.05) is 11.6 Å². The second kappa shape index (κ2) is 6.81. The van der Waals surface area contributed by atoms with Gasteiger partial charge in [0.25, 0.3) is 5.91 Å². The van der Waals surface area contributed by atoms with E-state index in [1.165, 1.54) is 0 Å².